The highest BCUT2D eigenvalue weighted by Gasteiger charge is 2.12. The Labute approximate surface area is 142 Å². The molecule has 1 aromatic carbocycles. The average molecular weight is 345 g/mol. The maximum atomic E-state index is 12.1. The Balaban J connectivity index is 1.63. The number of nitrogens with zero attached hydrogens (tertiary/aromatic N) is 2. The Morgan fingerprint density at radius 3 is 2.70 bits per heavy atom. The van der Waals surface area contributed by atoms with Gasteiger partial charge in [-0.05, 0) is 43.3 Å². The first-order valence-corrected chi connectivity index (χ1v) is 8.75. The highest BCUT2D eigenvalue weighted by Crippen LogP contribution is 2.23. The van der Waals surface area contributed by atoms with Gasteiger partial charge in [-0.1, -0.05) is 11.8 Å². The zero-order valence-corrected chi connectivity index (χ0v) is 14.3. The smallest absolute Gasteiger partial charge is 0.209 e. The summed E-state index contributed by atoms with van der Waals surface area (Å²) in [6.07, 6.45) is 0. The summed E-state index contributed by atoms with van der Waals surface area (Å²) in [6.45, 7) is 1.99. The molecule has 3 rings (SSSR count). The van der Waals surface area contributed by atoms with Crippen LogP contribution in [0.2, 0.25) is 0 Å². The van der Waals surface area contributed by atoms with Gasteiger partial charge in [-0.25, -0.2) is 4.98 Å². The molecule has 2 aromatic heterocycles. The first-order valence-electron chi connectivity index (χ1n) is 6.95. The topological polar surface area (TPSA) is 67.9 Å². The van der Waals surface area contributed by atoms with E-state index in [-0.39, 0.29) is 5.78 Å². The number of thiophene rings is 1. The third-order valence-corrected chi connectivity index (χ3v) is 5.06. The summed E-state index contributed by atoms with van der Waals surface area (Å²) in [5.74, 6) is 1.90. The van der Waals surface area contributed by atoms with Crippen LogP contribution < -0.4 is 4.74 Å². The number of nitrogens with one attached hydrogen (secondary N) is 1. The third kappa shape index (κ3) is 3.80. The van der Waals surface area contributed by atoms with Gasteiger partial charge in [0.15, 0.2) is 11.6 Å². The monoisotopic (exact) mass is 345 g/mol. The van der Waals surface area contributed by atoms with E-state index in [1.807, 2.05) is 43.3 Å². The number of ketones is 1. The van der Waals surface area contributed by atoms with E-state index < -0.39 is 0 Å². The second-order valence-electron chi connectivity index (χ2n) is 4.82. The second-order valence-corrected chi connectivity index (χ2v) is 7.05. The number of aromatic amines is 1. The van der Waals surface area contributed by atoms with Gasteiger partial charge in [0, 0.05) is 10.4 Å². The van der Waals surface area contributed by atoms with E-state index in [9.17, 15) is 4.79 Å². The summed E-state index contributed by atoms with van der Waals surface area (Å²) >= 11 is 2.85. The number of methoxy groups -OCH3 is 1. The van der Waals surface area contributed by atoms with Crippen molar-refractivity contribution in [1.82, 2.24) is 15.2 Å². The summed E-state index contributed by atoms with van der Waals surface area (Å²) < 4.78 is 5.13. The lowest BCUT2D eigenvalue weighted by Crippen LogP contribution is -1.99. The predicted molar refractivity (Wildman–Crippen MR) is 92.5 cm³/mol. The SMILES string of the molecule is COc1ccc(-c2nc(SCC(=O)c3ccc(C)s3)n[nH]2)cc1. The standard InChI is InChI=1S/C16H15N3O2S2/c1-10-3-8-14(23-10)13(20)9-22-16-17-15(18-19-16)11-4-6-12(21-2)7-5-11/h3-8H,9H2,1-2H3,(H,17,18,19). The summed E-state index contributed by atoms with van der Waals surface area (Å²) in [6, 6.07) is 11.4. The van der Waals surface area contributed by atoms with Crippen molar-refractivity contribution in [1.29, 1.82) is 0 Å². The number of aromatic nitrogens is 3. The van der Waals surface area contributed by atoms with Crippen LogP contribution in [0.3, 0.4) is 0 Å². The van der Waals surface area contributed by atoms with E-state index in [2.05, 4.69) is 15.2 Å². The van der Waals surface area contributed by atoms with E-state index in [0.29, 0.717) is 16.7 Å². The molecule has 0 radical (unpaired) electrons. The van der Waals surface area contributed by atoms with Crippen molar-refractivity contribution in [2.24, 2.45) is 0 Å². The number of benzene rings is 1. The minimum absolute atomic E-state index is 0.101. The van der Waals surface area contributed by atoms with Gasteiger partial charge in [-0.2, -0.15) is 0 Å². The molecular weight excluding hydrogens is 330 g/mol. The number of thioether (sulfide) groups is 1. The lowest BCUT2D eigenvalue weighted by atomic mass is 10.2. The lowest BCUT2D eigenvalue weighted by molar-refractivity contribution is 0.102. The Morgan fingerprint density at radius 1 is 1.26 bits per heavy atom. The molecular formula is C16H15N3O2S2. The number of rotatable bonds is 6. The largest absolute Gasteiger partial charge is 0.497 e. The van der Waals surface area contributed by atoms with Crippen molar-refractivity contribution in [2.75, 3.05) is 12.9 Å². The fourth-order valence-corrected chi connectivity index (χ4v) is 3.55. The van der Waals surface area contributed by atoms with Crippen molar-refractivity contribution in [3.63, 3.8) is 0 Å². The molecule has 0 aliphatic carbocycles. The predicted octanol–water partition coefficient (Wildman–Crippen LogP) is 3.83. The minimum atomic E-state index is 0.101. The van der Waals surface area contributed by atoms with Crippen LogP contribution in [0, 0.1) is 6.92 Å². The molecule has 2 heterocycles. The molecule has 3 aromatic rings. The van der Waals surface area contributed by atoms with Gasteiger partial charge in [0.25, 0.3) is 0 Å². The number of hydrogen-bond acceptors (Lipinski definition) is 6. The molecule has 0 aliphatic rings. The van der Waals surface area contributed by atoms with E-state index in [0.717, 1.165) is 21.1 Å². The molecule has 0 aliphatic heterocycles. The Morgan fingerprint density at radius 2 is 2.04 bits per heavy atom. The lowest BCUT2D eigenvalue weighted by Gasteiger charge is -1.99. The first kappa shape index (κ1) is 15.8. The fourth-order valence-electron chi connectivity index (χ4n) is 1.97. The Bertz CT molecular complexity index is 809. The van der Waals surface area contributed by atoms with Crippen LogP contribution in [0.1, 0.15) is 14.5 Å². The van der Waals surface area contributed by atoms with Crippen LogP contribution in [0.15, 0.2) is 41.6 Å². The summed E-state index contributed by atoms with van der Waals surface area (Å²) in [5, 5.41) is 7.62. The molecule has 0 amide bonds. The molecule has 0 atom stereocenters. The summed E-state index contributed by atoms with van der Waals surface area (Å²) in [7, 11) is 1.63. The van der Waals surface area contributed by atoms with E-state index in [1.165, 1.54) is 23.1 Å². The number of carbonyl (C=O) groups excluding carboxylic acids is 1. The van der Waals surface area contributed by atoms with Crippen LogP contribution >= 0.6 is 23.1 Å². The molecule has 5 nitrogen and oxygen atoms in total. The van der Waals surface area contributed by atoms with Gasteiger partial charge in [-0.3, -0.25) is 9.89 Å². The van der Waals surface area contributed by atoms with Crippen molar-refractivity contribution >= 4 is 28.9 Å². The van der Waals surface area contributed by atoms with E-state index in [1.54, 1.807) is 7.11 Å². The molecule has 0 spiro atoms. The minimum Gasteiger partial charge on any atom is -0.497 e. The van der Waals surface area contributed by atoms with Gasteiger partial charge in [0.05, 0.1) is 17.7 Å². The number of Topliss-reactive ketones (excluding diaryl/α,β-unsaturated/α-hetero) is 1. The van der Waals surface area contributed by atoms with E-state index >= 15 is 0 Å². The van der Waals surface area contributed by atoms with Crippen LogP contribution in [-0.2, 0) is 0 Å². The molecule has 0 saturated carbocycles. The average Bonchev–Trinajstić information content (AvgIpc) is 3.22. The number of ether oxygens (including phenoxy) is 1. The number of aryl methyl sites for hydroxylation is 1. The highest BCUT2D eigenvalue weighted by molar-refractivity contribution is 7.99. The molecule has 0 bridgehead atoms. The van der Waals surface area contributed by atoms with Crippen molar-refractivity contribution < 1.29 is 9.53 Å². The van der Waals surface area contributed by atoms with Gasteiger partial charge >= 0.3 is 0 Å². The van der Waals surface area contributed by atoms with Gasteiger partial charge in [-0.15, -0.1) is 16.4 Å². The summed E-state index contributed by atoms with van der Waals surface area (Å²) in [4.78, 5) is 18.4. The molecule has 0 unspecified atom stereocenters. The maximum absolute atomic E-state index is 12.1. The molecule has 23 heavy (non-hydrogen) atoms. The van der Waals surface area contributed by atoms with Crippen LogP contribution in [0.25, 0.3) is 11.4 Å². The van der Waals surface area contributed by atoms with Gasteiger partial charge < -0.3 is 4.74 Å². The van der Waals surface area contributed by atoms with Gasteiger partial charge in [0.2, 0.25) is 5.16 Å². The molecule has 0 saturated heterocycles. The van der Waals surface area contributed by atoms with Crippen LogP contribution in [-0.4, -0.2) is 33.8 Å². The number of hydrogen-bond donors (Lipinski definition) is 1. The van der Waals surface area contributed by atoms with E-state index in [4.69, 9.17) is 4.74 Å². The van der Waals surface area contributed by atoms with Crippen molar-refractivity contribution in [3.8, 4) is 17.1 Å². The zero-order valence-electron chi connectivity index (χ0n) is 12.7. The zero-order chi connectivity index (χ0) is 16.2. The summed E-state index contributed by atoms with van der Waals surface area (Å²) in [5.41, 5.74) is 0.922. The molecule has 118 valence electrons. The second kappa shape index (κ2) is 6.97. The number of carbonyl (C=O) groups is 1. The molecule has 1 N–H and O–H groups in total. The van der Waals surface area contributed by atoms with Crippen LogP contribution in [0.4, 0.5) is 0 Å². The Hall–Kier alpha value is -2.12. The number of H-pyrrole nitrogens is 1. The molecule has 0 fully saturated rings. The van der Waals surface area contributed by atoms with Gasteiger partial charge in [0.1, 0.15) is 5.75 Å². The normalized spacial score (nSPS) is 10.7. The van der Waals surface area contributed by atoms with Crippen LogP contribution in [0.5, 0.6) is 5.75 Å². The first-order chi connectivity index (χ1) is 11.2. The Kier molecular flexibility index (Phi) is 4.78. The fraction of sp³-hybridized carbons (Fsp3) is 0.188. The quantitative estimate of drug-likeness (QED) is 0.543. The van der Waals surface area contributed by atoms with Crippen molar-refractivity contribution in [2.45, 2.75) is 12.1 Å². The maximum Gasteiger partial charge on any atom is 0.209 e. The van der Waals surface area contributed by atoms with Crippen molar-refractivity contribution in [3.05, 3.63) is 46.2 Å². The third-order valence-electron chi connectivity index (χ3n) is 3.18. The highest BCUT2D eigenvalue weighted by atomic mass is 32.2. The molecule has 7 heteroatoms.